The van der Waals surface area contributed by atoms with E-state index in [1.165, 1.54) is 29.2 Å². The first-order valence-corrected chi connectivity index (χ1v) is 11.9. The summed E-state index contributed by atoms with van der Waals surface area (Å²) in [5.74, 6) is 0. The zero-order chi connectivity index (χ0) is 22.3. The highest BCUT2D eigenvalue weighted by molar-refractivity contribution is 7.90. The topological polar surface area (TPSA) is 97.5 Å². The first kappa shape index (κ1) is 20.1. The summed E-state index contributed by atoms with van der Waals surface area (Å²) in [4.78, 5) is 16.7. The van der Waals surface area contributed by atoms with Gasteiger partial charge < -0.3 is 0 Å². The van der Waals surface area contributed by atoms with Gasteiger partial charge in [-0.15, -0.1) is 0 Å². The van der Waals surface area contributed by atoms with Crippen molar-refractivity contribution in [3.8, 4) is 5.69 Å². The Bertz CT molecular complexity index is 1520. The van der Waals surface area contributed by atoms with Gasteiger partial charge in [-0.2, -0.15) is 10.2 Å². The molecule has 5 rings (SSSR count). The highest BCUT2D eigenvalue weighted by Crippen LogP contribution is 2.35. The molecule has 0 aliphatic carbocycles. The molecule has 0 N–H and O–H groups in total. The minimum Gasteiger partial charge on any atom is -0.288 e. The molecule has 1 atom stereocenters. The second-order valence-electron chi connectivity index (χ2n) is 7.53. The van der Waals surface area contributed by atoms with Crippen LogP contribution in [-0.2, 0) is 9.84 Å². The van der Waals surface area contributed by atoms with Crippen LogP contribution in [0.15, 0.2) is 88.0 Å². The van der Waals surface area contributed by atoms with E-state index in [9.17, 15) is 13.2 Å². The maximum Gasteiger partial charge on any atom is 0.205 e. The van der Waals surface area contributed by atoms with Crippen LogP contribution in [0.3, 0.4) is 0 Å². The number of rotatable bonds is 4. The summed E-state index contributed by atoms with van der Waals surface area (Å²) in [7, 11) is -3.48. The molecule has 1 aliphatic rings. The lowest BCUT2D eigenvalue weighted by molar-refractivity contribution is 0.597. The molecule has 0 saturated heterocycles. The van der Waals surface area contributed by atoms with Crippen LogP contribution in [0.25, 0.3) is 16.5 Å². The molecular weight excluding hydrogens is 426 g/mol. The van der Waals surface area contributed by atoms with Crippen LogP contribution >= 0.6 is 0 Å². The van der Waals surface area contributed by atoms with E-state index < -0.39 is 9.84 Å². The van der Waals surface area contributed by atoms with Gasteiger partial charge in [-0.3, -0.25) is 9.80 Å². The summed E-state index contributed by atoms with van der Waals surface area (Å²) in [6.07, 6.45) is 6.33. The van der Waals surface area contributed by atoms with Gasteiger partial charge in [-0.1, -0.05) is 36.4 Å². The Morgan fingerprint density at radius 1 is 1.03 bits per heavy atom. The van der Waals surface area contributed by atoms with E-state index in [2.05, 4.69) is 15.2 Å². The number of benzene rings is 2. The summed E-state index contributed by atoms with van der Waals surface area (Å²) < 4.78 is 25.3. The molecule has 0 bridgehead atoms. The third-order valence-corrected chi connectivity index (χ3v) is 6.34. The quantitative estimate of drug-likeness (QED) is 0.479. The Morgan fingerprint density at radius 2 is 1.84 bits per heavy atom. The maximum absolute atomic E-state index is 12.8. The number of nitrogens with zero attached hydrogens (tertiary/aromatic N) is 5. The third-order valence-electron chi connectivity index (χ3n) is 5.36. The monoisotopic (exact) mass is 445 g/mol. The summed E-state index contributed by atoms with van der Waals surface area (Å²) in [5, 5.41) is 13.0. The van der Waals surface area contributed by atoms with Crippen LogP contribution in [0.4, 0.5) is 5.69 Å². The standard InChI is InChI=1S/C23H19N5O3S/c1-32(30,31)22-15-17(9-12-24-22)27-14-11-21(29)23(26-27)20-10-13-25-28(20)19-8-4-6-16-5-2-3-7-18(16)19/h2-9,11-15,20H,10H2,1H3. The number of fused-ring (bicyclic) bond motifs is 1. The predicted octanol–water partition coefficient (Wildman–Crippen LogP) is 3.12. The highest BCUT2D eigenvalue weighted by Gasteiger charge is 2.29. The smallest absolute Gasteiger partial charge is 0.205 e. The third kappa shape index (κ3) is 3.56. The van der Waals surface area contributed by atoms with E-state index in [1.54, 1.807) is 12.3 Å². The zero-order valence-corrected chi connectivity index (χ0v) is 18.0. The van der Waals surface area contributed by atoms with Crippen molar-refractivity contribution in [1.82, 2.24) is 14.8 Å². The zero-order valence-electron chi connectivity index (χ0n) is 17.2. The Balaban J connectivity index is 1.59. The fourth-order valence-electron chi connectivity index (χ4n) is 3.82. The van der Waals surface area contributed by atoms with Crippen LogP contribution in [0.2, 0.25) is 0 Å². The molecule has 1 unspecified atom stereocenters. The average molecular weight is 446 g/mol. The van der Waals surface area contributed by atoms with Crippen molar-refractivity contribution in [2.24, 2.45) is 5.10 Å². The van der Waals surface area contributed by atoms with Crippen molar-refractivity contribution in [1.29, 1.82) is 0 Å². The van der Waals surface area contributed by atoms with Crippen LogP contribution in [0.5, 0.6) is 0 Å². The SMILES string of the molecule is CS(=O)(=O)c1cc(-n2ccc(=O)c(C3CC=NN3c3cccc4ccccc34)n2)ccn1. The van der Waals surface area contributed by atoms with Crippen molar-refractivity contribution in [3.05, 3.63) is 89.0 Å². The van der Waals surface area contributed by atoms with Gasteiger partial charge in [0.05, 0.1) is 11.4 Å². The van der Waals surface area contributed by atoms with Gasteiger partial charge >= 0.3 is 0 Å². The van der Waals surface area contributed by atoms with E-state index in [4.69, 9.17) is 0 Å². The van der Waals surface area contributed by atoms with E-state index in [-0.39, 0.29) is 16.5 Å². The first-order chi connectivity index (χ1) is 15.4. The van der Waals surface area contributed by atoms with Gasteiger partial charge in [0, 0.05) is 48.8 Å². The number of hydrogen-bond donors (Lipinski definition) is 0. The molecule has 3 heterocycles. The molecule has 9 heteroatoms. The van der Waals surface area contributed by atoms with E-state index in [1.807, 2.05) is 47.5 Å². The average Bonchev–Trinajstić information content (AvgIpc) is 3.28. The molecule has 0 saturated carbocycles. The lowest BCUT2D eigenvalue weighted by Gasteiger charge is -2.24. The molecular formula is C23H19N5O3S. The first-order valence-electron chi connectivity index (χ1n) is 9.97. The van der Waals surface area contributed by atoms with E-state index >= 15 is 0 Å². The summed E-state index contributed by atoms with van der Waals surface area (Å²) in [6, 6.07) is 18.1. The Hall–Kier alpha value is -3.85. The maximum atomic E-state index is 12.8. The van der Waals surface area contributed by atoms with Crippen LogP contribution in [0, 0.1) is 0 Å². The molecule has 0 radical (unpaired) electrons. The predicted molar refractivity (Wildman–Crippen MR) is 123 cm³/mol. The highest BCUT2D eigenvalue weighted by atomic mass is 32.2. The molecule has 1 aliphatic heterocycles. The minimum absolute atomic E-state index is 0.0568. The van der Waals surface area contributed by atoms with Crippen LogP contribution < -0.4 is 10.4 Å². The van der Waals surface area contributed by atoms with Crippen LogP contribution in [0.1, 0.15) is 18.2 Å². The number of hydrogen-bond acceptors (Lipinski definition) is 7. The van der Waals surface area contributed by atoms with Gasteiger partial charge in [0.15, 0.2) is 14.9 Å². The molecule has 160 valence electrons. The fourth-order valence-corrected chi connectivity index (χ4v) is 4.41. The molecule has 0 spiro atoms. The van der Waals surface area contributed by atoms with E-state index in [0.29, 0.717) is 17.8 Å². The van der Waals surface area contributed by atoms with E-state index in [0.717, 1.165) is 22.7 Å². The molecule has 32 heavy (non-hydrogen) atoms. The lowest BCUT2D eigenvalue weighted by atomic mass is 10.1. The number of sulfone groups is 1. The summed E-state index contributed by atoms with van der Waals surface area (Å²) in [6.45, 7) is 0. The number of hydrazone groups is 1. The largest absolute Gasteiger partial charge is 0.288 e. The molecule has 0 amide bonds. The van der Waals surface area contributed by atoms with Crippen molar-refractivity contribution < 1.29 is 8.42 Å². The summed E-state index contributed by atoms with van der Waals surface area (Å²) >= 11 is 0. The molecule has 0 fully saturated rings. The molecule has 2 aromatic heterocycles. The van der Waals surface area contributed by atoms with Crippen LogP contribution in [-0.4, -0.2) is 35.7 Å². The van der Waals surface area contributed by atoms with Gasteiger partial charge in [0.1, 0.15) is 11.7 Å². The van der Waals surface area contributed by atoms with Gasteiger partial charge in [0.25, 0.3) is 0 Å². The fraction of sp³-hybridized carbons (Fsp3) is 0.130. The molecule has 2 aromatic carbocycles. The number of anilines is 1. The normalized spacial score (nSPS) is 16.0. The second-order valence-corrected chi connectivity index (χ2v) is 9.49. The van der Waals surface area contributed by atoms with Crippen molar-refractivity contribution in [3.63, 3.8) is 0 Å². The Labute approximate surface area is 184 Å². The number of pyridine rings is 1. The van der Waals surface area contributed by atoms with Crippen molar-refractivity contribution >= 4 is 32.5 Å². The Kier molecular flexibility index (Phi) is 4.82. The second kappa shape index (κ2) is 7.69. The lowest BCUT2D eigenvalue weighted by Crippen LogP contribution is -2.27. The minimum atomic E-state index is -3.48. The van der Waals surface area contributed by atoms with Gasteiger partial charge in [-0.05, 0) is 17.5 Å². The molecule has 8 nitrogen and oxygen atoms in total. The summed E-state index contributed by atoms with van der Waals surface area (Å²) in [5.41, 5.74) is 1.51. The molecule has 4 aromatic rings. The van der Waals surface area contributed by atoms with Crippen molar-refractivity contribution in [2.75, 3.05) is 11.3 Å². The Morgan fingerprint density at radius 3 is 2.69 bits per heavy atom. The van der Waals surface area contributed by atoms with Crippen molar-refractivity contribution in [2.45, 2.75) is 17.5 Å². The number of aromatic nitrogens is 3. The van der Waals surface area contributed by atoms with Gasteiger partial charge in [-0.25, -0.2) is 18.1 Å². The van der Waals surface area contributed by atoms with Gasteiger partial charge in [0.2, 0.25) is 5.43 Å².